The summed E-state index contributed by atoms with van der Waals surface area (Å²) in [6.45, 7) is 10.4. The van der Waals surface area contributed by atoms with Crippen molar-refractivity contribution in [3.8, 4) is 5.75 Å². The van der Waals surface area contributed by atoms with Crippen LogP contribution in [0.15, 0.2) is 22.7 Å². The lowest BCUT2D eigenvalue weighted by Crippen LogP contribution is -2.41. The van der Waals surface area contributed by atoms with E-state index in [1.165, 1.54) is 0 Å². The Morgan fingerprint density at radius 3 is 2.39 bits per heavy atom. The van der Waals surface area contributed by atoms with Crippen molar-refractivity contribution < 1.29 is 23.4 Å². The minimum Gasteiger partial charge on any atom is -0.464 e. The fourth-order valence-electron chi connectivity index (χ4n) is 2.40. The Morgan fingerprint density at radius 2 is 1.78 bits per heavy atom. The average Bonchev–Trinajstić information content (AvgIpc) is 2.97. The van der Waals surface area contributed by atoms with Gasteiger partial charge in [-0.2, -0.15) is 0 Å². The summed E-state index contributed by atoms with van der Waals surface area (Å²) in [4.78, 5) is 0. The first-order valence-electron chi connectivity index (χ1n) is 7.73. The summed E-state index contributed by atoms with van der Waals surface area (Å²) < 4.78 is 30.2. The van der Waals surface area contributed by atoms with Crippen LogP contribution in [0.3, 0.4) is 0 Å². The number of hydrogen-bond acceptors (Lipinski definition) is 5. The van der Waals surface area contributed by atoms with Crippen molar-refractivity contribution in [2.75, 3.05) is 6.61 Å². The summed E-state index contributed by atoms with van der Waals surface area (Å²) >= 11 is 3.49. The van der Waals surface area contributed by atoms with Crippen LogP contribution in [0.5, 0.6) is 5.75 Å². The van der Waals surface area contributed by atoms with E-state index in [2.05, 4.69) is 15.9 Å². The molecular formula is C15H21B2BrO5. The van der Waals surface area contributed by atoms with Gasteiger partial charge in [0.2, 0.25) is 6.29 Å². The van der Waals surface area contributed by atoms with Crippen LogP contribution in [0.25, 0.3) is 0 Å². The van der Waals surface area contributed by atoms with E-state index in [1.54, 1.807) is 0 Å². The van der Waals surface area contributed by atoms with Crippen molar-refractivity contribution in [3.05, 3.63) is 28.2 Å². The smallest absolute Gasteiger partial charge is 0.464 e. The predicted molar refractivity (Wildman–Crippen MR) is 92.2 cm³/mol. The second-order valence-corrected chi connectivity index (χ2v) is 7.78. The number of hydrogen-bond donors (Lipinski definition) is 0. The normalized spacial score (nSPS) is 25.9. The molecule has 124 valence electrons. The summed E-state index contributed by atoms with van der Waals surface area (Å²) in [5.41, 5.74) is 0.326. The first kappa shape index (κ1) is 17.3. The minimum atomic E-state index is -0.588. The van der Waals surface area contributed by atoms with E-state index in [4.69, 9.17) is 23.4 Å². The van der Waals surface area contributed by atoms with Gasteiger partial charge in [-0.15, -0.1) is 0 Å². The van der Waals surface area contributed by atoms with E-state index >= 15 is 0 Å². The van der Waals surface area contributed by atoms with E-state index in [0.717, 1.165) is 15.8 Å². The zero-order valence-corrected chi connectivity index (χ0v) is 15.7. The summed E-state index contributed by atoms with van der Waals surface area (Å²) in [6, 6.07) is 5.81. The lowest BCUT2D eigenvalue weighted by atomic mass is 9.49. The maximum atomic E-state index is 5.95. The van der Waals surface area contributed by atoms with Crippen molar-refractivity contribution >= 4 is 29.9 Å². The highest BCUT2D eigenvalue weighted by Gasteiger charge is 2.59. The molecule has 1 aromatic carbocycles. The first-order valence-corrected chi connectivity index (χ1v) is 8.53. The molecule has 3 rings (SSSR count). The zero-order valence-electron chi connectivity index (χ0n) is 14.1. The Hall–Kier alpha value is -0.530. The highest BCUT2D eigenvalue weighted by molar-refractivity contribution is 9.10. The molecule has 2 aliphatic heterocycles. The van der Waals surface area contributed by atoms with Crippen LogP contribution in [0.1, 0.15) is 33.3 Å². The van der Waals surface area contributed by atoms with Crippen LogP contribution in [0.2, 0.25) is 0 Å². The topological polar surface area (TPSA) is 46.2 Å². The van der Waals surface area contributed by atoms with E-state index in [0.29, 0.717) is 6.61 Å². The van der Waals surface area contributed by atoms with Gasteiger partial charge >= 0.3 is 14.0 Å². The lowest BCUT2D eigenvalue weighted by molar-refractivity contribution is 0.00578. The van der Waals surface area contributed by atoms with Crippen LogP contribution in [-0.2, 0) is 18.6 Å². The number of rotatable bonds is 3. The minimum absolute atomic E-state index is 0.334. The summed E-state index contributed by atoms with van der Waals surface area (Å²) in [5, 5.41) is 0. The van der Waals surface area contributed by atoms with Crippen molar-refractivity contribution in [2.45, 2.75) is 52.1 Å². The van der Waals surface area contributed by atoms with E-state index in [1.807, 2.05) is 52.8 Å². The molecule has 1 aromatic rings. The molecule has 0 spiro atoms. The van der Waals surface area contributed by atoms with Crippen molar-refractivity contribution in [2.24, 2.45) is 0 Å². The Morgan fingerprint density at radius 1 is 1.13 bits per heavy atom. The molecule has 0 amide bonds. The highest BCUT2D eigenvalue weighted by atomic mass is 79.9. The first-order chi connectivity index (χ1) is 10.7. The molecule has 0 aromatic heterocycles. The molecule has 5 nitrogen and oxygen atoms in total. The second-order valence-electron chi connectivity index (χ2n) is 6.92. The fourth-order valence-corrected chi connectivity index (χ4v) is 2.76. The molecule has 2 fully saturated rings. The van der Waals surface area contributed by atoms with Gasteiger partial charge in [-0.25, -0.2) is 0 Å². The van der Waals surface area contributed by atoms with Gasteiger partial charge < -0.3 is 23.4 Å². The average molecular weight is 383 g/mol. The number of halogens is 1. The monoisotopic (exact) mass is 382 g/mol. The molecule has 0 N–H and O–H groups in total. The molecule has 8 heteroatoms. The highest BCUT2D eigenvalue weighted by Crippen LogP contribution is 2.38. The van der Waals surface area contributed by atoms with Gasteiger partial charge in [0.1, 0.15) is 5.75 Å². The van der Waals surface area contributed by atoms with Gasteiger partial charge in [0.15, 0.2) is 0 Å². The van der Waals surface area contributed by atoms with Gasteiger partial charge in [0.25, 0.3) is 0 Å². The van der Waals surface area contributed by atoms with Gasteiger partial charge in [-0.3, -0.25) is 0 Å². The molecule has 1 atom stereocenters. The molecular weight excluding hydrogens is 362 g/mol. The SMILES string of the molecule is Cc1ccc(OC2COB(B3OC(C)(C)C(C)(C)O3)O2)cc1Br. The van der Waals surface area contributed by atoms with Crippen molar-refractivity contribution in [3.63, 3.8) is 0 Å². The van der Waals surface area contributed by atoms with Gasteiger partial charge in [-0.05, 0) is 52.3 Å². The molecule has 1 unspecified atom stereocenters. The fraction of sp³-hybridized carbons (Fsp3) is 0.600. The Balaban J connectivity index is 1.60. The maximum absolute atomic E-state index is 5.95. The summed E-state index contributed by atoms with van der Waals surface area (Å²) in [7, 11) is -1.15. The molecule has 2 heterocycles. The quantitative estimate of drug-likeness (QED) is 0.751. The molecule has 23 heavy (non-hydrogen) atoms. The largest absolute Gasteiger partial charge is 0.490 e. The van der Waals surface area contributed by atoms with Gasteiger partial charge in [-0.1, -0.05) is 22.0 Å². The van der Waals surface area contributed by atoms with Crippen LogP contribution < -0.4 is 4.74 Å². The third kappa shape index (κ3) is 3.46. The number of benzene rings is 1. The van der Waals surface area contributed by atoms with E-state index in [-0.39, 0.29) is 0 Å². The third-order valence-corrected chi connectivity index (χ3v) is 5.44. The van der Waals surface area contributed by atoms with Crippen LogP contribution in [0.4, 0.5) is 0 Å². The number of aryl methyl sites for hydroxylation is 1. The molecule has 2 aliphatic rings. The third-order valence-electron chi connectivity index (χ3n) is 4.59. The Labute approximate surface area is 146 Å². The van der Waals surface area contributed by atoms with Crippen molar-refractivity contribution in [1.82, 2.24) is 0 Å². The molecule has 0 aliphatic carbocycles. The molecule has 0 radical (unpaired) electrons. The van der Waals surface area contributed by atoms with Gasteiger partial charge in [0, 0.05) is 4.47 Å². The van der Waals surface area contributed by atoms with E-state index in [9.17, 15) is 0 Å². The maximum Gasteiger partial charge on any atom is 0.490 e. The van der Waals surface area contributed by atoms with Crippen LogP contribution in [0, 0.1) is 6.92 Å². The zero-order chi connectivity index (χ0) is 16.8. The van der Waals surface area contributed by atoms with Crippen molar-refractivity contribution in [1.29, 1.82) is 0 Å². The van der Waals surface area contributed by atoms with Crippen LogP contribution in [-0.4, -0.2) is 38.1 Å². The van der Waals surface area contributed by atoms with Gasteiger partial charge in [0.05, 0.1) is 17.8 Å². The second kappa shape index (κ2) is 6.08. The Bertz CT molecular complexity index is 579. The Kier molecular flexibility index (Phi) is 4.57. The summed E-state index contributed by atoms with van der Waals surface area (Å²) in [5.74, 6) is 0.727. The van der Waals surface area contributed by atoms with Crippen LogP contribution >= 0.6 is 15.9 Å². The molecule has 0 bridgehead atoms. The number of ether oxygens (including phenoxy) is 1. The predicted octanol–water partition coefficient (Wildman–Crippen LogP) is 3.17. The van der Waals surface area contributed by atoms with E-state index < -0.39 is 31.5 Å². The molecule has 2 saturated heterocycles. The summed E-state index contributed by atoms with van der Waals surface area (Å²) in [6.07, 6.45) is -0.478. The molecule has 0 saturated carbocycles. The standard InChI is InChI=1S/C15H21B2BrO5/c1-10-6-7-11(8-12(10)18)20-13-9-19-16(21-13)17-22-14(2,3)15(4,5)23-17/h6-8,13H,9H2,1-5H3. The lowest BCUT2D eigenvalue weighted by Gasteiger charge is -2.32.